The average molecular weight is 210 g/mol. The molecule has 0 aliphatic rings. The summed E-state index contributed by atoms with van der Waals surface area (Å²) in [5, 5.41) is 3.39. The number of furan rings is 1. The zero-order valence-corrected chi connectivity index (χ0v) is 9.92. The molecule has 0 spiro atoms. The Morgan fingerprint density at radius 2 is 1.93 bits per heavy atom. The van der Waals surface area contributed by atoms with E-state index in [1.165, 1.54) is 0 Å². The van der Waals surface area contributed by atoms with E-state index in [-0.39, 0.29) is 0 Å². The first-order valence-electron chi connectivity index (χ1n) is 5.62. The minimum Gasteiger partial charge on any atom is -0.463 e. The minimum absolute atomic E-state index is 0.475. The van der Waals surface area contributed by atoms with Crippen LogP contribution >= 0.6 is 0 Å². The fourth-order valence-electron chi connectivity index (χ4n) is 1.29. The molecule has 1 atom stereocenters. The molecular weight excluding hydrogens is 188 g/mol. The minimum atomic E-state index is 0.475. The van der Waals surface area contributed by atoms with Gasteiger partial charge in [0.2, 0.25) is 0 Å². The fraction of sp³-hybridized carbons (Fsp3) is 0.667. The van der Waals surface area contributed by atoms with Crippen molar-refractivity contribution < 1.29 is 4.42 Å². The van der Waals surface area contributed by atoms with Gasteiger partial charge in [0.15, 0.2) is 0 Å². The highest BCUT2D eigenvalue weighted by molar-refractivity contribution is 5.06. The summed E-state index contributed by atoms with van der Waals surface area (Å²) in [6.45, 7) is 9.03. The first-order chi connectivity index (χ1) is 7.13. The molecule has 0 aliphatic carbocycles. The van der Waals surface area contributed by atoms with Crippen LogP contribution in [0.4, 0.5) is 0 Å². The zero-order valence-electron chi connectivity index (χ0n) is 9.92. The molecule has 0 aromatic carbocycles. The van der Waals surface area contributed by atoms with E-state index in [1.807, 2.05) is 12.1 Å². The average Bonchev–Trinajstić information content (AvgIpc) is 2.65. The van der Waals surface area contributed by atoms with Gasteiger partial charge >= 0.3 is 0 Å². The van der Waals surface area contributed by atoms with Crippen LogP contribution in [0.2, 0.25) is 0 Å². The van der Waals surface area contributed by atoms with Crippen molar-refractivity contribution in [1.29, 1.82) is 0 Å². The van der Waals surface area contributed by atoms with Gasteiger partial charge in [0.25, 0.3) is 0 Å². The van der Waals surface area contributed by atoms with Crippen molar-refractivity contribution in [3.63, 3.8) is 0 Å². The second-order valence-electron chi connectivity index (χ2n) is 4.42. The molecule has 3 heteroatoms. The van der Waals surface area contributed by atoms with Gasteiger partial charge in [0, 0.05) is 0 Å². The van der Waals surface area contributed by atoms with E-state index < -0.39 is 0 Å². The van der Waals surface area contributed by atoms with Gasteiger partial charge in [-0.25, -0.2) is 0 Å². The summed E-state index contributed by atoms with van der Waals surface area (Å²) in [5.74, 6) is 3.22. The number of rotatable bonds is 6. The maximum Gasteiger partial charge on any atom is 0.118 e. The quantitative estimate of drug-likeness (QED) is 0.756. The monoisotopic (exact) mass is 210 g/mol. The normalized spacial score (nSPS) is 13.4. The van der Waals surface area contributed by atoms with Crippen molar-refractivity contribution in [2.45, 2.75) is 33.9 Å². The van der Waals surface area contributed by atoms with Gasteiger partial charge in [-0.2, -0.15) is 0 Å². The second kappa shape index (κ2) is 5.93. The maximum absolute atomic E-state index is 5.49. The summed E-state index contributed by atoms with van der Waals surface area (Å²) in [7, 11) is 0. The molecule has 1 rings (SSSR count). The first kappa shape index (κ1) is 12.3. The van der Waals surface area contributed by atoms with E-state index >= 15 is 0 Å². The summed E-state index contributed by atoms with van der Waals surface area (Å²) in [6.07, 6.45) is 0. The molecular formula is C12H22N2O. The van der Waals surface area contributed by atoms with Crippen LogP contribution in [0.5, 0.6) is 0 Å². The van der Waals surface area contributed by atoms with Gasteiger partial charge in [-0.15, -0.1) is 0 Å². The SMILES string of the molecule is CC(C)C(C)CNCc1ccc(CN)o1. The summed E-state index contributed by atoms with van der Waals surface area (Å²) in [4.78, 5) is 0. The van der Waals surface area contributed by atoms with Crippen molar-refractivity contribution in [2.75, 3.05) is 6.54 Å². The van der Waals surface area contributed by atoms with Gasteiger partial charge in [-0.3, -0.25) is 0 Å². The number of nitrogens with two attached hydrogens (primary N) is 1. The van der Waals surface area contributed by atoms with Gasteiger partial charge in [-0.05, 0) is 30.5 Å². The van der Waals surface area contributed by atoms with Crippen LogP contribution < -0.4 is 11.1 Å². The van der Waals surface area contributed by atoms with Crippen molar-refractivity contribution in [2.24, 2.45) is 17.6 Å². The van der Waals surface area contributed by atoms with Crippen LogP contribution in [-0.4, -0.2) is 6.54 Å². The maximum atomic E-state index is 5.49. The number of nitrogens with one attached hydrogen (secondary N) is 1. The third kappa shape index (κ3) is 4.06. The van der Waals surface area contributed by atoms with E-state index in [2.05, 4.69) is 26.1 Å². The molecule has 1 aromatic rings. The van der Waals surface area contributed by atoms with Crippen LogP contribution in [-0.2, 0) is 13.1 Å². The molecule has 15 heavy (non-hydrogen) atoms. The standard InChI is InChI=1S/C12H22N2O/c1-9(2)10(3)7-14-8-12-5-4-11(6-13)15-12/h4-5,9-10,14H,6-8,13H2,1-3H3. The van der Waals surface area contributed by atoms with Gasteiger partial charge in [0.05, 0.1) is 13.1 Å². The molecule has 0 fully saturated rings. The summed E-state index contributed by atoms with van der Waals surface area (Å²) < 4.78 is 5.49. The van der Waals surface area contributed by atoms with E-state index in [0.717, 1.165) is 24.6 Å². The lowest BCUT2D eigenvalue weighted by atomic mass is 9.98. The topological polar surface area (TPSA) is 51.2 Å². The summed E-state index contributed by atoms with van der Waals surface area (Å²) in [5.41, 5.74) is 5.47. The van der Waals surface area contributed by atoms with E-state index in [9.17, 15) is 0 Å². The smallest absolute Gasteiger partial charge is 0.118 e. The lowest BCUT2D eigenvalue weighted by molar-refractivity contribution is 0.376. The second-order valence-corrected chi connectivity index (χ2v) is 4.42. The van der Waals surface area contributed by atoms with Crippen molar-refractivity contribution in [1.82, 2.24) is 5.32 Å². The lowest BCUT2D eigenvalue weighted by Crippen LogP contribution is -2.23. The van der Waals surface area contributed by atoms with E-state index in [1.54, 1.807) is 0 Å². The highest BCUT2D eigenvalue weighted by Gasteiger charge is 2.06. The Hall–Kier alpha value is -0.800. The molecule has 3 nitrogen and oxygen atoms in total. The van der Waals surface area contributed by atoms with Gasteiger partial charge in [0.1, 0.15) is 11.5 Å². The Morgan fingerprint density at radius 3 is 2.47 bits per heavy atom. The Morgan fingerprint density at radius 1 is 1.27 bits per heavy atom. The largest absolute Gasteiger partial charge is 0.463 e. The third-order valence-electron chi connectivity index (χ3n) is 2.82. The molecule has 0 saturated carbocycles. The van der Waals surface area contributed by atoms with Gasteiger partial charge < -0.3 is 15.5 Å². The molecule has 1 heterocycles. The summed E-state index contributed by atoms with van der Waals surface area (Å²) in [6, 6.07) is 3.91. The molecule has 3 N–H and O–H groups in total. The molecule has 0 amide bonds. The van der Waals surface area contributed by atoms with Crippen molar-refractivity contribution in [3.8, 4) is 0 Å². The Balaban J connectivity index is 2.25. The predicted octanol–water partition coefficient (Wildman–Crippen LogP) is 2.12. The number of hydrogen-bond donors (Lipinski definition) is 2. The molecule has 1 unspecified atom stereocenters. The highest BCUT2D eigenvalue weighted by Crippen LogP contribution is 2.09. The van der Waals surface area contributed by atoms with Crippen molar-refractivity contribution >= 4 is 0 Å². The van der Waals surface area contributed by atoms with Crippen LogP contribution in [0.15, 0.2) is 16.5 Å². The van der Waals surface area contributed by atoms with Crippen LogP contribution in [0, 0.1) is 11.8 Å². The summed E-state index contributed by atoms with van der Waals surface area (Å²) >= 11 is 0. The van der Waals surface area contributed by atoms with Crippen LogP contribution in [0.25, 0.3) is 0 Å². The Labute approximate surface area is 92.0 Å². The molecule has 0 radical (unpaired) electrons. The molecule has 0 saturated heterocycles. The van der Waals surface area contributed by atoms with Crippen LogP contribution in [0.1, 0.15) is 32.3 Å². The first-order valence-corrected chi connectivity index (χ1v) is 5.62. The van der Waals surface area contributed by atoms with E-state index in [0.29, 0.717) is 18.4 Å². The van der Waals surface area contributed by atoms with Crippen molar-refractivity contribution in [3.05, 3.63) is 23.7 Å². The lowest BCUT2D eigenvalue weighted by Gasteiger charge is -2.15. The highest BCUT2D eigenvalue weighted by atomic mass is 16.3. The zero-order chi connectivity index (χ0) is 11.3. The molecule has 86 valence electrons. The third-order valence-corrected chi connectivity index (χ3v) is 2.82. The molecule has 1 aromatic heterocycles. The molecule has 0 bridgehead atoms. The number of hydrogen-bond acceptors (Lipinski definition) is 3. The Bertz CT molecular complexity index is 281. The van der Waals surface area contributed by atoms with Crippen LogP contribution in [0.3, 0.4) is 0 Å². The van der Waals surface area contributed by atoms with Gasteiger partial charge in [-0.1, -0.05) is 20.8 Å². The molecule has 0 aliphatic heterocycles. The fourth-order valence-corrected chi connectivity index (χ4v) is 1.29. The predicted molar refractivity (Wildman–Crippen MR) is 62.3 cm³/mol. The van der Waals surface area contributed by atoms with E-state index in [4.69, 9.17) is 10.2 Å². The Kier molecular flexibility index (Phi) is 4.85.